The van der Waals surface area contributed by atoms with Crippen molar-refractivity contribution in [3.8, 4) is 0 Å². The van der Waals surface area contributed by atoms with Crippen LogP contribution < -0.4 is 10.0 Å². The molecule has 0 spiro atoms. The third kappa shape index (κ3) is 6.30. The number of carbonyl (C=O) groups is 1. The van der Waals surface area contributed by atoms with Crippen molar-refractivity contribution in [2.24, 2.45) is 0 Å². The summed E-state index contributed by atoms with van der Waals surface area (Å²) in [4.78, 5) is 13.4. The zero-order valence-corrected chi connectivity index (χ0v) is 15.8. The minimum absolute atomic E-state index is 0.00123. The molecular weight excluding hydrogens is 376 g/mol. The van der Waals surface area contributed by atoms with E-state index in [1.165, 1.54) is 25.1 Å². The van der Waals surface area contributed by atoms with Gasteiger partial charge in [-0.05, 0) is 24.2 Å². The summed E-state index contributed by atoms with van der Waals surface area (Å²) in [5.74, 6) is -1.50. The quantitative estimate of drug-likeness (QED) is 0.753. The molecule has 6 nitrogen and oxygen atoms in total. The fourth-order valence-corrected chi connectivity index (χ4v) is 3.11. The van der Waals surface area contributed by atoms with E-state index in [0.29, 0.717) is 5.56 Å². The predicted molar refractivity (Wildman–Crippen MR) is 98.2 cm³/mol. The van der Waals surface area contributed by atoms with Crippen molar-refractivity contribution in [3.63, 3.8) is 0 Å². The summed E-state index contributed by atoms with van der Waals surface area (Å²) in [7, 11) is -0.480. The van der Waals surface area contributed by atoms with Crippen LogP contribution in [0.3, 0.4) is 0 Å². The molecule has 0 atom stereocenters. The van der Waals surface area contributed by atoms with Crippen molar-refractivity contribution in [2.45, 2.75) is 18.8 Å². The van der Waals surface area contributed by atoms with Crippen LogP contribution in [-0.4, -0.2) is 33.4 Å². The molecule has 0 radical (unpaired) electrons. The number of amides is 2. The van der Waals surface area contributed by atoms with Gasteiger partial charge >= 0.3 is 6.03 Å². The molecule has 0 aromatic heterocycles. The molecule has 2 aromatic rings. The Morgan fingerprint density at radius 1 is 1.07 bits per heavy atom. The summed E-state index contributed by atoms with van der Waals surface area (Å²) in [5.41, 5.74) is 1.63. The Labute approximate surface area is 157 Å². The van der Waals surface area contributed by atoms with Crippen molar-refractivity contribution in [2.75, 3.05) is 14.1 Å². The second kappa shape index (κ2) is 8.92. The first-order valence-corrected chi connectivity index (χ1v) is 9.77. The lowest BCUT2D eigenvalue weighted by atomic mass is 10.1. The molecule has 0 aliphatic rings. The van der Waals surface area contributed by atoms with Crippen molar-refractivity contribution in [1.82, 2.24) is 14.9 Å². The Balaban J connectivity index is 1.89. The van der Waals surface area contributed by atoms with E-state index in [9.17, 15) is 22.0 Å². The van der Waals surface area contributed by atoms with Crippen molar-refractivity contribution >= 4 is 16.1 Å². The molecule has 0 fully saturated rings. The molecule has 2 amide bonds. The topological polar surface area (TPSA) is 78.5 Å². The summed E-state index contributed by atoms with van der Waals surface area (Å²) >= 11 is 0. The van der Waals surface area contributed by atoms with Crippen molar-refractivity contribution < 1.29 is 22.0 Å². The summed E-state index contributed by atoms with van der Waals surface area (Å²) in [6, 6.07) is 9.59. The number of urea groups is 1. The van der Waals surface area contributed by atoms with E-state index < -0.39 is 27.7 Å². The number of nitrogens with zero attached hydrogens (tertiary/aromatic N) is 1. The van der Waals surface area contributed by atoms with Gasteiger partial charge in [-0.3, -0.25) is 0 Å². The van der Waals surface area contributed by atoms with Crippen LogP contribution in [-0.2, 0) is 28.9 Å². The fraction of sp³-hybridized carbons (Fsp3) is 0.278. The highest BCUT2D eigenvalue weighted by molar-refractivity contribution is 7.88. The molecule has 0 saturated carbocycles. The predicted octanol–water partition coefficient (Wildman–Crippen LogP) is 2.36. The summed E-state index contributed by atoms with van der Waals surface area (Å²) in [6.45, 7) is 0.229. The normalized spacial score (nSPS) is 11.3. The Morgan fingerprint density at radius 3 is 2.30 bits per heavy atom. The number of hydrogen-bond donors (Lipinski definition) is 2. The van der Waals surface area contributed by atoms with E-state index in [4.69, 9.17) is 0 Å². The Morgan fingerprint density at radius 2 is 1.70 bits per heavy atom. The lowest BCUT2D eigenvalue weighted by Crippen LogP contribution is -2.36. The van der Waals surface area contributed by atoms with Gasteiger partial charge in [0.05, 0.1) is 5.75 Å². The number of sulfonamides is 1. The highest BCUT2D eigenvalue weighted by atomic mass is 32.2. The van der Waals surface area contributed by atoms with Gasteiger partial charge in [0.25, 0.3) is 0 Å². The number of benzene rings is 2. The van der Waals surface area contributed by atoms with Gasteiger partial charge in [0.15, 0.2) is 0 Å². The average molecular weight is 397 g/mol. The van der Waals surface area contributed by atoms with E-state index in [2.05, 4.69) is 10.0 Å². The Bertz CT molecular complexity index is 903. The number of carbonyl (C=O) groups excluding carboxylic acids is 1. The lowest BCUT2D eigenvalue weighted by molar-refractivity contribution is 0.206. The minimum atomic E-state index is -3.34. The van der Waals surface area contributed by atoms with Gasteiger partial charge in [-0.2, -0.15) is 0 Å². The first-order valence-electron chi connectivity index (χ1n) is 8.12. The Hall–Kier alpha value is -2.52. The highest BCUT2D eigenvalue weighted by Gasteiger charge is 2.12. The van der Waals surface area contributed by atoms with E-state index in [1.54, 1.807) is 24.3 Å². The van der Waals surface area contributed by atoms with Crippen LogP contribution >= 0.6 is 0 Å². The third-order valence-electron chi connectivity index (χ3n) is 3.90. The van der Waals surface area contributed by atoms with Gasteiger partial charge in [0.2, 0.25) is 10.0 Å². The molecular formula is C18H21F2N3O3S. The monoisotopic (exact) mass is 397 g/mol. The minimum Gasteiger partial charge on any atom is -0.334 e. The van der Waals surface area contributed by atoms with Gasteiger partial charge in [-0.25, -0.2) is 26.7 Å². The summed E-state index contributed by atoms with van der Waals surface area (Å²) in [5, 5.41) is 2.69. The van der Waals surface area contributed by atoms with Crippen LogP contribution in [0.15, 0.2) is 42.5 Å². The molecule has 2 rings (SSSR count). The largest absolute Gasteiger partial charge is 0.334 e. The number of halogens is 2. The van der Waals surface area contributed by atoms with Crippen LogP contribution in [0.5, 0.6) is 0 Å². The third-order valence-corrected chi connectivity index (χ3v) is 5.24. The van der Waals surface area contributed by atoms with Crippen molar-refractivity contribution in [3.05, 3.63) is 70.8 Å². The number of rotatable bonds is 7. The fourth-order valence-electron chi connectivity index (χ4n) is 2.33. The van der Waals surface area contributed by atoms with E-state index >= 15 is 0 Å². The maximum Gasteiger partial charge on any atom is 0.317 e. The van der Waals surface area contributed by atoms with Crippen LogP contribution in [0, 0.1) is 11.6 Å². The van der Waals surface area contributed by atoms with E-state index in [0.717, 1.165) is 17.7 Å². The molecule has 0 heterocycles. The summed E-state index contributed by atoms with van der Waals surface area (Å²) in [6.07, 6.45) is 0. The second-order valence-electron chi connectivity index (χ2n) is 6.03. The molecule has 0 unspecified atom stereocenters. The molecule has 0 saturated heterocycles. The van der Waals surface area contributed by atoms with Gasteiger partial charge < -0.3 is 10.2 Å². The SMILES string of the molecule is CNS(=O)(=O)Cc1ccc(CNC(=O)N(C)Cc2ccc(F)cc2F)cc1. The molecule has 0 aliphatic heterocycles. The second-order valence-corrected chi connectivity index (χ2v) is 7.96. The molecule has 0 bridgehead atoms. The molecule has 2 N–H and O–H groups in total. The lowest BCUT2D eigenvalue weighted by Gasteiger charge is -2.18. The standard InChI is InChI=1S/C18H21F2N3O3S/c1-21-27(25,26)12-14-5-3-13(4-6-14)10-22-18(24)23(2)11-15-7-8-16(19)9-17(15)20/h3-9,21H,10-12H2,1-2H3,(H,22,24). The Kier molecular flexibility index (Phi) is 6.86. The number of nitrogens with one attached hydrogen (secondary N) is 2. The maximum absolute atomic E-state index is 13.7. The van der Waals surface area contributed by atoms with Crippen LogP contribution in [0.25, 0.3) is 0 Å². The zero-order valence-electron chi connectivity index (χ0n) is 15.0. The zero-order chi connectivity index (χ0) is 20.0. The molecule has 146 valence electrons. The van der Waals surface area contributed by atoms with E-state index in [1.807, 2.05) is 0 Å². The highest BCUT2D eigenvalue weighted by Crippen LogP contribution is 2.12. The summed E-state index contributed by atoms with van der Waals surface area (Å²) < 4.78 is 51.9. The molecule has 9 heteroatoms. The molecule has 2 aromatic carbocycles. The van der Waals surface area contributed by atoms with Gasteiger partial charge in [0.1, 0.15) is 11.6 Å². The molecule has 27 heavy (non-hydrogen) atoms. The average Bonchev–Trinajstić information content (AvgIpc) is 2.63. The van der Waals surface area contributed by atoms with E-state index in [-0.39, 0.29) is 24.4 Å². The van der Waals surface area contributed by atoms with Crippen LogP contribution in [0.1, 0.15) is 16.7 Å². The molecule has 0 aliphatic carbocycles. The van der Waals surface area contributed by atoms with Crippen LogP contribution in [0.2, 0.25) is 0 Å². The van der Waals surface area contributed by atoms with Crippen LogP contribution in [0.4, 0.5) is 13.6 Å². The number of hydrogen-bond acceptors (Lipinski definition) is 3. The van der Waals surface area contributed by atoms with Crippen molar-refractivity contribution in [1.29, 1.82) is 0 Å². The first-order chi connectivity index (χ1) is 12.7. The smallest absolute Gasteiger partial charge is 0.317 e. The van der Waals surface area contributed by atoms with Gasteiger partial charge in [-0.1, -0.05) is 30.3 Å². The van der Waals surface area contributed by atoms with Gasteiger partial charge in [-0.15, -0.1) is 0 Å². The maximum atomic E-state index is 13.7. The van der Waals surface area contributed by atoms with Gasteiger partial charge in [0, 0.05) is 31.8 Å². The first kappa shape index (κ1) is 20.8.